The van der Waals surface area contributed by atoms with E-state index in [1.807, 2.05) is 18.3 Å². The summed E-state index contributed by atoms with van der Waals surface area (Å²) in [6.07, 6.45) is 13.9. The van der Waals surface area contributed by atoms with Crippen LogP contribution in [0.15, 0.2) is 47.2 Å². The van der Waals surface area contributed by atoms with Crippen molar-refractivity contribution >= 4 is 11.7 Å². The molecule has 1 aliphatic heterocycles. The average Bonchev–Trinajstić information content (AvgIpc) is 3.58. The molecule has 4 aliphatic carbocycles. The number of aliphatic hydroxyl groups is 1. The van der Waals surface area contributed by atoms with E-state index in [4.69, 9.17) is 19.1 Å². The first-order valence-corrected chi connectivity index (χ1v) is 17.8. The van der Waals surface area contributed by atoms with Gasteiger partial charge in [0.05, 0.1) is 13.2 Å². The van der Waals surface area contributed by atoms with E-state index in [1.165, 1.54) is 11.1 Å². The van der Waals surface area contributed by atoms with Crippen LogP contribution in [-0.4, -0.2) is 64.8 Å². The number of likely N-dealkylation sites (tertiary alicyclic amines) is 1. The van der Waals surface area contributed by atoms with Gasteiger partial charge in [-0.15, -0.1) is 0 Å². The SMILES string of the molecule is COc1ccc(C23CCC(CN(C(=O)C4CCC(N5CC(O)C5)CC4)c4cc(-c5coc(C(C)(C)C)n5)ccn4)(CC2)CC3)cc1C. The van der Waals surface area contributed by atoms with Gasteiger partial charge in [0, 0.05) is 48.8 Å². The number of fused-ring (bicyclic) bond motifs is 3. The lowest BCUT2D eigenvalue weighted by atomic mass is 9.51. The molecule has 252 valence electrons. The molecule has 8 rings (SSSR count). The Bertz CT molecular complexity index is 1570. The number of aromatic nitrogens is 2. The molecule has 3 aromatic rings. The van der Waals surface area contributed by atoms with Gasteiger partial charge in [-0.1, -0.05) is 32.9 Å². The molecule has 2 aromatic heterocycles. The predicted octanol–water partition coefficient (Wildman–Crippen LogP) is 7.21. The molecule has 5 aliphatic rings. The van der Waals surface area contributed by atoms with E-state index in [0.717, 1.165) is 100 Å². The number of benzene rings is 1. The van der Waals surface area contributed by atoms with Crippen molar-refractivity contribution in [1.29, 1.82) is 0 Å². The molecule has 1 N–H and O–H groups in total. The highest BCUT2D eigenvalue weighted by atomic mass is 16.5. The molecular weight excluding hydrogens is 588 g/mol. The van der Waals surface area contributed by atoms with Crippen molar-refractivity contribution in [3.8, 4) is 17.0 Å². The van der Waals surface area contributed by atoms with E-state index < -0.39 is 0 Å². The van der Waals surface area contributed by atoms with Crippen LogP contribution in [0.5, 0.6) is 5.75 Å². The molecule has 1 aromatic carbocycles. The summed E-state index contributed by atoms with van der Waals surface area (Å²) in [5.74, 6) is 2.58. The number of hydrogen-bond donors (Lipinski definition) is 1. The van der Waals surface area contributed by atoms with Crippen LogP contribution in [0.3, 0.4) is 0 Å². The zero-order valence-corrected chi connectivity index (χ0v) is 28.9. The molecule has 2 bridgehead atoms. The fraction of sp³-hybridized carbons (Fsp3) is 0.615. The predicted molar refractivity (Wildman–Crippen MR) is 184 cm³/mol. The number of aryl methyl sites for hydroxylation is 1. The normalized spacial score (nSPS) is 28.2. The maximum absolute atomic E-state index is 14.6. The zero-order valence-electron chi connectivity index (χ0n) is 28.9. The van der Waals surface area contributed by atoms with Crippen LogP contribution in [0.1, 0.15) is 102 Å². The van der Waals surface area contributed by atoms with Gasteiger partial charge in [0.1, 0.15) is 23.5 Å². The van der Waals surface area contributed by atoms with E-state index in [2.05, 4.69) is 55.7 Å². The Hall–Kier alpha value is -3.23. The fourth-order valence-electron chi connectivity index (χ4n) is 8.92. The summed E-state index contributed by atoms with van der Waals surface area (Å²) in [6, 6.07) is 11.2. The molecule has 8 heteroatoms. The standard InChI is InChI=1S/C39H52N4O4/c1-26-20-29(8-11-33(26)46-5)39-16-13-38(14-17-39,15-18-39)25-43(35(45)27-6-9-30(10-7-27)42-22-31(44)23-42)34-21-28(12-19-40-34)32-24-47-36(41-32)37(2,3)4/h8,11-12,19-21,24,27,30-31,44H,6-7,9-10,13-18,22-23,25H2,1-5H3. The Morgan fingerprint density at radius 2 is 1.74 bits per heavy atom. The first kappa shape index (κ1) is 32.3. The molecule has 0 atom stereocenters. The Balaban J connectivity index is 1.13. The average molecular weight is 641 g/mol. The van der Waals surface area contributed by atoms with E-state index >= 15 is 0 Å². The maximum Gasteiger partial charge on any atom is 0.231 e. The monoisotopic (exact) mass is 640 g/mol. The number of β-amino-alcohol motifs (C(OH)–C–C–N with tert-alkyl or cyclic N) is 1. The first-order chi connectivity index (χ1) is 22.5. The van der Waals surface area contributed by atoms with E-state index in [9.17, 15) is 9.90 Å². The summed E-state index contributed by atoms with van der Waals surface area (Å²) in [7, 11) is 1.74. The van der Waals surface area contributed by atoms with Crippen LogP contribution in [0.2, 0.25) is 0 Å². The third-order valence-electron chi connectivity index (χ3n) is 12.1. The van der Waals surface area contributed by atoms with E-state index in [1.54, 1.807) is 13.4 Å². The number of anilines is 1. The number of aliphatic hydroxyl groups excluding tert-OH is 1. The van der Waals surface area contributed by atoms with Gasteiger partial charge in [-0.2, -0.15) is 0 Å². The summed E-state index contributed by atoms with van der Waals surface area (Å²) >= 11 is 0. The number of ether oxygens (including phenoxy) is 1. The van der Waals surface area contributed by atoms with Gasteiger partial charge in [-0.25, -0.2) is 9.97 Å². The van der Waals surface area contributed by atoms with Gasteiger partial charge in [-0.05, 0) is 111 Å². The highest BCUT2D eigenvalue weighted by Crippen LogP contribution is 2.58. The van der Waals surface area contributed by atoms with Gasteiger partial charge >= 0.3 is 0 Å². The largest absolute Gasteiger partial charge is 0.496 e. The second-order valence-corrected chi connectivity index (χ2v) is 16.2. The quantitative estimate of drug-likeness (QED) is 0.278. The van der Waals surface area contributed by atoms with Crippen molar-refractivity contribution < 1.29 is 19.1 Å². The Kier molecular flexibility index (Phi) is 8.49. The molecular formula is C39H52N4O4. The highest BCUT2D eigenvalue weighted by Gasteiger charge is 2.51. The molecule has 1 amide bonds. The minimum absolute atomic E-state index is 0.00704. The Morgan fingerprint density at radius 1 is 1.04 bits per heavy atom. The molecule has 0 unspecified atom stereocenters. The van der Waals surface area contributed by atoms with Crippen LogP contribution >= 0.6 is 0 Å². The number of carbonyl (C=O) groups excluding carboxylic acids is 1. The summed E-state index contributed by atoms with van der Waals surface area (Å²) in [6.45, 7) is 10.7. The van der Waals surface area contributed by atoms with Crippen LogP contribution in [0.4, 0.5) is 5.82 Å². The van der Waals surface area contributed by atoms with Crippen LogP contribution in [0.25, 0.3) is 11.3 Å². The van der Waals surface area contributed by atoms with Gasteiger partial charge in [0.2, 0.25) is 5.91 Å². The third kappa shape index (κ3) is 6.24. The smallest absolute Gasteiger partial charge is 0.231 e. The molecule has 47 heavy (non-hydrogen) atoms. The maximum atomic E-state index is 14.6. The minimum Gasteiger partial charge on any atom is -0.496 e. The first-order valence-electron chi connectivity index (χ1n) is 17.8. The van der Waals surface area contributed by atoms with Gasteiger partial charge < -0.3 is 14.3 Å². The number of carbonyl (C=O) groups is 1. The second kappa shape index (κ2) is 12.3. The molecule has 0 radical (unpaired) electrons. The topological polar surface area (TPSA) is 91.9 Å². The Morgan fingerprint density at radius 3 is 2.34 bits per heavy atom. The molecule has 4 saturated carbocycles. The van der Waals surface area contributed by atoms with E-state index in [-0.39, 0.29) is 34.2 Å². The number of hydrogen-bond acceptors (Lipinski definition) is 7. The highest BCUT2D eigenvalue weighted by molar-refractivity contribution is 5.94. The number of methoxy groups -OCH3 is 1. The minimum atomic E-state index is -0.191. The fourth-order valence-corrected chi connectivity index (χ4v) is 8.92. The second-order valence-electron chi connectivity index (χ2n) is 16.2. The number of amides is 1. The molecule has 1 saturated heterocycles. The van der Waals surface area contributed by atoms with Crippen molar-refractivity contribution in [3.63, 3.8) is 0 Å². The van der Waals surface area contributed by atoms with Crippen LogP contribution in [0, 0.1) is 18.3 Å². The van der Waals surface area contributed by atoms with Crippen molar-refractivity contribution in [2.45, 2.75) is 115 Å². The summed E-state index contributed by atoms with van der Waals surface area (Å²) in [4.78, 5) is 28.7. The van der Waals surface area contributed by atoms with Gasteiger partial charge in [0.25, 0.3) is 0 Å². The zero-order chi connectivity index (χ0) is 33.0. The number of nitrogens with zero attached hydrogens (tertiary/aromatic N) is 4. The van der Waals surface area contributed by atoms with Crippen molar-refractivity contribution in [1.82, 2.24) is 14.9 Å². The van der Waals surface area contributed by atoms with Crippen LogP contribution in [-0.2, 0) is 15.6 Å². The molecule has 3 heterocycles. The number of pyridine rings is 1. The van der Waals surface area contributed by atoms with Gasteiger partial charge in [0.15, 0.2) is 5.89 Å². The molecule has 8 nitrogen and oxygen atoms in total. The van der Waals surface area contributed by atoms with Crippen molar-refractivity contribution in [3.05, 3.63) is 59.8 Å². The molecule has 5 fully saturated rings. The number of rotatable bonds is 8. The van der Waals surface area contributed by atoms with Crippen LogP contribution < -0.4 is 9.64 Å². The summed E-state index contributed by atoms with van der Waals surface area (Å²) < 4.78 is 11.4. The lowest BCUT2D eigenvalue weighted by Crippen LogP contribution is -2.56. The lowest BCUT2D eigenvalue weighted by molar-refractivity contribution is -0.125. The van der Waals surface area contributed by atoms with Gasteiger partial charge in [-0.3, -0.25) is 14.6 Å². The van der Waals surface area contributed by atoms with Crippen molar-refractivity contribution in [2.75, 3.05) is 31.6 Å². The Labute approximate surface area is 279 Å². The third-order valence-corrected chi connectivity index (χ3v) is 12.1. The number of oxazole rings is 1. The lowest BCUT2D eigenvalue weighted by Gasteiger charge is -2.55. The summed E-state index contributed by atoms with van der Waals surface area (Å²) in [5, 5.41) is 9.83. The summed E-state index contributed by atoms with van der Waals surface area (Å²) in [5.41, 5.74) is 4.46. The molecule has 0 spiro atoms. The van der Waals surface area contributed by atoms with E-state index in [0.29, 0.717) is 18.5 Å². The van der Waals surface area contributed by atoms with Crippen molar-refractivity contribution in [2.24, 2.45) is 11.3 Å².